The first-order valence-corrected chi connectivity index (χ1v) is 6.82. The average Bonchev–Trinajstić information content (AvgIpc) is 2.48. The lowest BCUT2D eigenvalue weighted by Crippen LogP contribution is -2.33. The van der Waals surface area contributed by atoms with E-state index in [0.29, 0.717) is 17.5 Å². The molecule has 2 aromatic carbocycles. The fraction of sp³-hybridized carbons (Fsp3) is 0.235. The number of carbonyl (C=O) groups excluding carboxylic acids is 1. The second-order valence-electron chi connectivity index (χ2n) is 5.01. The molecule has 1 unspecified atom stereocenters. The molecule has 2 aromatic rings. The molecule has 3 nitrogen and oxygen atoms in total. The third kappa shape index (κ3) is 4.39. The zero-order chi connectivity index (χ0) is 15.2. The number of hydrogen-bond donors (Lipinski definition) is 2. The standard InChI is InChI=1S/C17H18FNO2/c1-12-7-8-14(18)10-16(12)17(21)19-11-15(20)9-13-5-3-2-4-6-13/h2-8,10,15,20H,9,11H2,1H3,(H,19,21). The summed E-state index contributed by atoms with van der Waals surface area (Å²) >= 11 is 0. The lowest BCUT2D eigenvalue weighted by Gasteiger charge is -2.13. The molecule has 1 atom stereocenters. The summed E-state index contributed by atoms with van der Waals surface area (Å²) in [6, 6.07) is 13.6. The second kappa shape index (κ2) is 6.99. The first-order chi connectivity index (χ1) is 10.1. The minimum atomic E-state index is -0.676. The van der Waals surface area contributed by atoms with Gasteiger partial charge in [-0.1, -0.05) is 36.4 Å². The molecule has 4 heteroatoms. The van der Waals surface area contributed by atoms with Crippen molar-refractivity contribution in [1.29, 1.82) is 0 Å². The van der Waals surface area contributed by atoms with E-state index in [1.165, 1.54) is 12.1 Å². The Kier molecular flexibility index (Phi) is 5.06. The van der Waals surface area contributed by atoms with Crippen molar-refractivity contribution < 1.29 is 14.3 Å². The molecule has 110 valence electrons. The van der Waals surface area contributed by atoms with Crippen LogP contribution in [0.25, 0.3) is 0 Å². The molecule has 0 saturated carbocycles. The van der Waals surface area contributed by atoms with Crippen LogP contribution in [-0.4, -0.2) is 23.7 Å². The lowest BCUT2D eigenvalue weighted by atomic mass is 10.1. The number of amides is 1. The van der Waals surface area contributed by atoms with Gasteiger partial charge in [-0.25, -0.2) is 4.39 Å². The van der Waals surface area contributed by atoms with Crippen molar-refractivity contribution in [1.82, 2.24) is 5.32 Å². The molecule has 0 spiro atoms. The first kappa shape index (κ1) is 15.2. The average molecular weight is 287 g/mol. The van der Waals surface area contributed by atoms with Gasteiger partial charge in [-0.05, 0) is 30.2 Å². The van der Waals surface area contributed by atoms with Crippen LogP contribution in [0.15, 0.2) is 48.5 Å². The molecular formula is C17H18FNO2. The maximum atomic E-state index is 13.2. The molecule has 0 aliphatic heterocycles. The van der Waals surface area contributed by atoms with Crippen molar-refractivity contribution >= 4 is 5.91 Å². The van der Waals surface area contributed by atoms with Gasteiger partial charge < -0.3 is 10.4 Å². The number of aryl methyl sites for hydroxylation is 1. The highest BCUT2D eigenvalue weighted by molar-refractivity contribution is 5.95. The second-order valence-corrected chi connectivity index (χ2v) is 5.01. The number of aliphatic hydroxyl groups excluding tert-OH is 1. The molecule has 2 N–H and O–H groups in total. The van der Waals surface area contributed by atoms with Crippen LogP contribution in [0.5, 0.6) is 0 Å². The number of rotatable bonds is 5. The van der Waals surface area contributed by atoms with Gasteiger partial charge in [-0.3, -0.25) is 4.79 Å². The molecule has 0 fully saturated rings. The predicted octanol–water partition coefficient (Wildman–Crippen LogP) is 2.47. The Morgan fingerprint density at radius 3 is 2.67 bits per heavy atom. The summed E-state index contributed by atoms with van der Waals surface area (Å²) in [7, 11) is 0. The van der Waals surface area contributed by atoms with E-state index in [1.807, 2.05) is 30.3 Å². The molecule has 0 saturated heterocycles. The van der Waals surface area contributed by atoms with E-state index in [0.717, 1.165) is 5.56 Å². The minimum Gasteiger partial charge on any atom is -0.391 e. The zero-order valence-electron chi connectivity index (χ0n) is 11.8. The van der Waals surface area contributed by atoms with Gasteiger partial charge in [0.1, 0.15) is 5.82 Å². The van der Waals surface area contributed by atoms with Gasteiger partial charge in [-0.2, -0.15) is 0 Å². The first-order valence-electron chi connectivity index (χ1n) is 6.82. The van der Waals surface area contributed by atoms with E-state index in [1.54, 1.807) is 13.0 Å². The van der Waals surface area contributed by atoms with Crippen molar-refractivity contribution in [2.45, 2.75) is 19.4 Å². The fourth-order valence-electron chi connectivity index (χ4n) is 2.10. The maximum absolute atomic E-state index is 13.2. The van der Waals surface area contributed by atoms with Gasteiger partial charge in [0.2, 0.25) is 0 Å². The molecular weight excluding hydrogens is 269 g/mol. The lowest BCUT2D eigenvalue weighted by molar-refractivity contribution is 0.0915. The Labute approximate surface area is 123 Å². The van der Waals surface area contributed by atoms with Crippen molar-refractivity contribution in [3.05, 3.63) is 71.0 Å². The van der Waals surface area contributed by atoms with Crippen molar-refractivity contribution in [3.63, 3.8) is 0 Å². The van der Waals surface area contributed by atoms with E-state index in [9.17, 15) is 14.3 Å². The smallest absolute Gasteiger partial charge is 0.251 e. The Morgan fingerprint density at radius 2 is 1.95 bits per heavy atom. The number of carbonyl (C=O) groups is 1. The summed E-state index contributed by atoms with van der Waals surface area (Å²) in [5, 5.41) is 12.6. The van der Waals surface area contributed by atoms with E-state index >= 15 is 0 Å². The zero-order valence-corrected chi connectivity index (χ0v) is 11.8. The number of benzene rings is 2. The molecule has 0 aliphatic rings. The summed E-state index contributed by atoms with van der Waals surface area (Å²) in [4.78, 5) is 12.0. The van der Waals surface area contributed by atoms with Crippen LogP contribution in [-0.2, 0) is 6.42 Å². The quantitative estimate of drug-likeness (QED) is 0.887. The summed E-state index contributed by atoms with van der Waals surface area (Å²) < 4.78 is 13.2. The van der Waals surface area contributed by atoms with Crippen molar-refractivity contribution in [2.75, 3.05) is 6.54 Å². The Bertz CT molecular complexity index is 613. The SMILES string of the molecule is Cc1ccc(F)cc1C(=O)NCC(O)Cc1ccccc1. The molecule has 0 aliphatic carbocycles. The maximum Gasteiger partial charge on any atom is 0.251 e. The van der Waals surface area contributed by atoms with Crippen LogP contribution < -0.4 is 5.32 Å². The number of aliphatic hydroxyl groups is 1. The van der Waals surface area contributed by atoms with Crippen LogP contribution in [0.2, 0.25) is 0 Å². The number of halogens is 1. The number of hydrogen-bond acceptors (Lipinski definition) is 2. The van der Waals surface area contributed by atoms with Crippen LogP contribution in [0.1, 0.15) is 21.5 Å². The molecule has 2 rings (SSSR count). The molecule has 0 bridgehead atoms. The van der Waals surface area contributed by atoms with Crippen molar-refractivity contribution in [3.8, 4) is 0 Å². The molecule has 0 aromatic heterocycles. The predicted molar refractivity (Wildman–Crippen MR) is 79.6 cm³/mol. The van der Waals surface area contributed by atoms with Gasteiger partial charge >= 0.3 is 0 Å². The van der Waals surface area contributed by atoms with Gasteiger partial charge in [0, 0.05) is 18.5 Å². The molecule has 1 amide bonds. The fourth-order valence-corrected chi connectivity index (χ4v) is 2.10. The van der Waals surface area contributed by atoms with Gasteiger partial charge in [0.05, 0.1) is 6.10 Å². The molecule has 21 heavy (non-hydrogen) atoms. The van der Waals surface area contributed by atoms with Crippen LogP contribution in [0.4, 0.5) is 4.39 Å². The van der Waals surface area contributed by atoms with Crippen LogP contribution in [0.3, 0.4) is 0 Å². The normalized spacial score (nSPS) is 12.0. The Morgan fingerprint density at radius 1 is 1.24 bits per heavy atom. The third-order valence-corrected chi connectivity index (χ3v) is 3.26. The summed E-state index contributed by atoms with van der Waals surface area (Å²) in [6.07, 6.45) is -0.214. The highest BCUT2D eigenvalue weighted by Crippen LogP contribution is 2.10. The highest BCUT2D eigenvalue weighted by atomic mass is 19.1. The Balaban J connectivity index is 1.90. The summed E-state index contributed by atoms with van der Waals surface area (Å²) in [6.45, 7) is 1.87. The van der Waals surface area contributed by atoms with Gasteiger partial charge in [0.15, 0.2) is 0 Å². The highest BCUT2D eigenvalue weighted by Gasteiger charge is 2.12. The third-order valence-electron chi connectivity index (χ3n) is 3.26. The van der Waals surface area contributed by atoms with E-state index < -0.39 is 11.9 Å². The molecule has 0 radical (unpaired) electrons. The van der Waals surface area contributed by atoms with E-state index in [2.05, 4.69) is 5.32 Å². The van der Waals surface area contributed by atoms with E-state index in [4.69, 9.17) is 0 Å². The van der Waals surface area contributed by atoms with Crippen LogP contribution in [0, 0.1) is 12.7 Å². The topological polar surface area (TPSA) is 49.3 Å². The molecule has 0 heterocycles. The summed E-state index contributed by atoms with van der Waals surface area (Å²) in [5.74, 6) is -0.824. The summed E-state index contributed by atoms with van der Waals surface area (Å²) in [5.41, 5.74) is 1.99. The van der Waals surface area contributed by atoms with Crippen molar-refractivity contribution in [2.24, 2.45) is 0 Å². The number of nitrogens with one attached hydrogen (secondary N) is 1. The van der Waals surface area contributed by atoms with Crippen LogP contribution >= 0.6 is 0 Å². The van der Waals surface area contributed by atoms with Gasteiger partial charge in [0.25, 0.3) is 5.91 Å². The Hall–Kier alpha value is -2.20. The minimum absolute atomic E-state index is 0.129. The monoisotopic (exact) mass is 287 g/mol. The van der Waals surface area contributed by atoms with E-state index in [-0.39, 0.29) is 12.5 Å². The van der Waals surface area contributed by atoms with Gasteiger partial charge in [-0.15, -0.1) is 0 Å². The largest absolute Gasteiger partial charge is 0.391 e.